The quantitative estimate of drug-likeness (QED) is 0.510. The summed E-state index contributed by atoms with van der Waals surface area (Å²) in [6, 6.07) is 0. The van der Waals surface area contributed by atoms with E-state index in [0.29, 0.717) is 0 Å². The van der Waals surface area contributed by atoms with E-state index >= 15 is 0 Å². The predicted octanol–water partition coefficient (Wildman–Crippen LogP) is 6.87. The Morgan fingerprint density at radius 1 is 0.895 bits per heavy atom. The molecule has 0 radical (unpaired) electrons. The van der Waals surface area contributed by atoms with Gasteiger partial charge in [-0.15, -0.1) is 13.2 Å². The average Bonchev–Trinajstić information content (AvgIpc) is 2.96. The SMILES string of the molecule is C=C.CC.CC1CCCC1.CCCC.CCCOC. The molecule has 0 unspecified atom stereocenters. The molecule has 1 fully saturated rings. The van der Waals surface area contributed by atoms with Crippen molar-refractivity contribution in [2.45, 2.75) is 86.5 Å². The Bertz CT molecular complexity index is 91.9. The van der Waals surface area contributed by atoms with Crippen LogP contribution in [0.2, 0.25) is 0 Å². The second-order valence-electron chi connectivity index (χ2n) is 4.38. The van der Waals surface area contributed by atoms with Crippen LogP contribution in [0.3, 0.4) is 0 Å². The van der Waals surface area contributed by atoms with E-state index in [-0.39, 0.29) is 0 Å². The van der Waals surface area contributed by atoms with Gasteiger partial charge < -0.3 is 4.74 Å². The first-order valence-corrected chi connectivity index (χ1v) is 8.21. The smallest absolute Gasteiger partial charge is 0.0459 e. The molecular formula is C18H42O. The minimum absolute atomic E-state index is 0.889. The van der Waals surface area contributed by atoms with Crippen molar-refractivity contribution in [2.24, 2.45) is 5.92 Å². The summed E-state index contributed by atoms with van der Waals surface area (Å²) in [5.41, 5.74) is 0. The Morgan fingerprint density at radius 3 is 1.32 bits per heavy atom. The van der Waals surface area contributed by atoms with Gasteiger partial charge in [0.15, 0.2) is 0 Å². The molecule has 0 amide bonds. The molecule has 0 aliphatic heterocycles. The van der Waals surface area contributed by atoms with E-state index in [9.17, 15) is 0 Å². The molecule has 1 heteroatoms. The van der Waals surface area contributed by atoms with Crippen LogP contribution in [0.1, 0.15) is 86.5 Å². The number of ether oxygens (including phenoxy) is 1. The molecule has 1 aliphatic rings. The van der Waals surface area contributed by atoms with Gasteiger partial charge in [-0.05, 0) is 12.3 Å². The molecule has 1 saturated carbocycles. The highest BCUT2D eigenvalue weighted by Gasteiger charge is 2.07. The van der Waals surface area contributed by atoms with Gasteiger partial charge in [-0.1, -0.05) is 80.1 Å². The molecule has 0 atom stereocenters. The van der Waals surface area contributed by atoms with Gasteiger partial charge in [-0.3, -0.25) is 0 Å². The maximum atomic E-state index is 4.69. The molecule has 0 bridgehead atoms. The fourth-order valence-corrected chi connectivity index (χ4v) is 1.33. The van der Waals surface area contributed by atoms with Gasteiger partial charge in [0.05, 0.1) is 0 Å². The van der Waals surface area contributed by atoms with Gasteiger partial charge in [0.2, 0.25) is 0 Å². The van der Waals surface area contributed by atoms with Crippen molar-refractivity contribution in [3.63, 3.8) is 0 Å². The van der Waals surface area contributed by atoms with Crippen molar-refractivity contribution in [2.75, 3.05) is 13.7 Å². The normalized spacial score (nSPS) is 12.4. The van der Waals surface area contributed by atoms with Crippen LogP contribution in [0, 0.1) is 5.92 Å². The largest absolute Gasteiger partial charge is 0.385 e. The number of hydrogen-bond donors (Lipinski definition) is 0. The summed E-state index contributed by atoms with van der Waals surface area (Å²) in [6.07, 6.45) is 9.71. The van der Waals surface area contributed by atoms with Gasteiger partial charge in [-0.2, -0.15) is 0 Å². The Morgan fingerprint density at radius 2 is 1.26 bits per heavy atom. The van der Waals surface area contributed by atoms with Crippen LogP contribution in [0.5, 0.6) is 0 Å². The summed E-state index contributed by atoms with van der Waals surface area (Å²) in [5, 5.41) is 0. The van der Waals surface area contributed by atoms with Crippen LogP contribution < -0.4 is 0 Å². The number of rotatable bonds is 3. The van der Waals surface area contributed by atoms with Crippen LogP contribution in [-0.4, -0.2) is 13.7 Å². The minimum Gasteiger partial charge on any atom is -0.385 e. The zero-order valence-corrected chi connectivity index (χ0v) is 15.1. The summed E-state index contributed by atoms with van der Waals surface area (Å²) in [6.45, 7) is 19.7. The molecule has 1 nitrogen and oxygen atoms in total. The lowest BCUT2D eigenvalue weighted by molar-refractivity contribution is 0.199. The van der Waals surface area contributed by atoms with Gasteiger partial charge >= 0.3 is 0 Å². The first kappa shape index (κ1) is 27.1. The van der Waals surface area contributed by atoms with E-state index in [4.69, 9.17) is 4.74 Å². The second kappa shape index (κ2) is 36.1. The summed E-state index contributed by atoms with van der Waals surface area (Å²) >= 11 is 0. The minimum atomic E-state index is 0.889. The lowest BCUT2D eigenvalue weighted by Crippen LogP contribution is -1.80. The third-order valence-corrected chi connectivity index (χ3v) is 2.55. The van der Waals surface area contributed by atoms with Crippen molar-refractivity contribution in [3.8, 4) is 0 Å². The molecule has 0 aromatic rings. The molecule has 0 N–H and O–H groups in total. The highest BCUT2D eigenvalue weighted by molar-refractivity contribution is 4.60. The summed E-state index contributed by atoms with van der Waals surface area (Å²) in [7, 11) is 1.71. The predicted molar refractivity (Wildman–Crippen MR) is 93.0 cm³/mol. The zero-order valence-electron chi connectivity index (χ0n) is 15.1. The lowest BCUT2D eigenvalue weighted by Gasteiger charge is -1.91. The lowest BCUT2D eigenvalue weighted by atomic mass is 10.2. The van der Waals surface area contributed by atoms with Crippen molar-refractivity contribution in [3.05, 3.63) is 13.2 Å². The fourth-order valence-electron chi connectivity index (χ4n) is 1.33. The maximum absolute atomic E-state index is 4.69. The molecule has 0 aromatic heterocycles. The molecule has 0 heterocycles. The maximum Gasteiger partial charge on any atom is 0.0459 e. The van der Waals surface area contributed by atoms with Gasteiger partial charge in [-0.25, -0.2) is 0 Å². The Balaban J connectivity index is -0.0000000799. The molecule has 1 rings (SSSR count). The summed E-state index contributed by atoms with van der Waals surface area (Å²) in [4.78, 5) is 0. The van der Waals surface area contributed by atoms with E-state index in [1.165, 1.54) is 38.5 Å². The van der Waals surface area contributed by atoms with E-state index < -0.39 is 0 Å². The Kier molecular flexibility index (Phi) is 51.5. The Labute approximate surface area is 124 Å². The van der Waals surface area contributed by atoms with E-state index in [1.54, 1.807) is 7.11 Å². The Hall–Kier alpha value is -0.300. The van der Waals surface area contributed by atoms with Crippen LogP contribution in [0.4, 0.5) is 0 Å². The molecule has 0 aromatic carbocycles. The molecule has 120 valence electrons. The fraction of sp³-hybridized carbons (Fsp3) is 0.889. The standard InChI is InChI=1S/C6H12.C4H10O.C4H10.C2H6.C2H4/c1-6-4-2-3-5-6;1-3-4-5-2;1-3-4-2;2*1-2/h6H,2-5H2,1H3;3-4H2,1-2H3;3-4H2,1-2H3;1-2H3;1-2H2. The second-order valence-corrected chi connectivity index (χ2v) is 4.38. The molecule has 0 saturated heterocycles. The van der Waals surface area contributed by atoms with Crippen molar-refractivity contribution >= 4 is 0 Å². The first-order valence-electron chi connectivity index (χ1n) is 8.21. The van der Waals surface area contributed by atoms with Gasteiger partial charge in [0, 0.05) is 13.7 Å². The van der Waals surface area contributed by atoms with E-state index in [0.717, 1.165) is 18.9 Å². The first-order chi connectivity index (χ1) is 9.22. The highest BCUT2D eigenvalue weighted by atomic mass is 16.5. The monoisotopic (exact) mass is 274 g/mol. The van der Waals surface area contributed by atoms with Crippen LogP contribution >= 0.6 is 0 Å². The molecular weight excluding hydrogens is 232 g/mol. The summed E-state index contributed by atoms with van der Waals surface area (Å²) < 4.78 is 4.69. The summed E-state index contributed by atoms with van der Waals surface area (Å²) in [5.74, 6) is 1.05. The highest BCUT2D eigenvalue weighted by Crippen LogP contribution is 2.22. The topological polar surface area (TPSA) is 9.23 Å². The molecule has 0 spiro atoms. The number of unbranched alkanes of at least 4 members (excludes halogenated alkanes) is 1. The van der Waals surface area contributed by atoms with Crippen LogP contribution in [0.25, 0.3) is 0 Å². The van der Waals surface area contributed by atoms with Gasteiger partial charge in [0.25, 0.3) is 0 Å². The van der Waals surface area contributed by atoms with Crippen LogP contribution in [-0.2, 0) is 4.74 Å². The van der Waals surface area contributed by atoms with Crippen molar-refractivity contribution < 1.29 is 4.74 Å². The molecule has 19 heavy (non-hydrogen) atoms. The van der Waals surface area contributed by atoms with Crippen molar-refractivity contribution in [1.82, 2.24) is 0 Å². The average molecular weight is 275 g/mol. The molecule has 1 aliphatic carbocycles. The van der Waals surface area contributed by atoms with Gasteiger partial charge in [0.1, 0.15) is 0 Å². The van der Waals surface area contributed by atoms with E-state index in [1.807, 2.05) is 13.8 Å². The zero-order chi connectivity index (χ0) is 15.9. The van der Waals surface area contributed by atoms with Crippen molar-refractivity contribution in [1.29, 1.82) is 0 Å². The number of methoxy groups -OCH3 is 1. The third-order valence-electron chi connectivity index (χ3n) is 2.55. The van der Waals surface area contributed by atoms with E-state index in [2.05, 4.69) is 40.9 Å². The third kappa shape index (κ3) is 46.4. The number of hydrogen-bond acceptors (Lipinski definition) is 1. The van der Waals surface area contributed by atoms with Crippen LogP contribution in [0.15, 0.2) is 13.2 Å².